The highest BCUT2D eigenvalue weighted by molar-refractivity contribution is 7.84. The molecule has 0 aliphatic heterocycles. The Kier molecular flexibility index (Phi) is 2.88. The average molecular weight is 179 g/mol. The van der Waals surface area contributed by atoms with E-state index in [1.807, 2.05) is 30.3 Å². The van der Waals surface area contributed by atoms with E-state index in [0.717, 1.165) is 5.69 Å². The fourth-order valence-electron chi connectivity index (χ4n) is 0.834. The Hall–Kier alpha value is -1.29. The van der Waals surface area contributed by atoms with Gasteiger partial charge in [0.2, 0.25) is 0 Å². The standard InChI is InChI=1S/C8H9N3S/c1-7(12)11(10-9)8-5-3-2-4-6-8/h2-6,9,12H,1H2. The Balaban J connectivity index is 2.95. The molecule has 1 N–H and O–H groups in total. The first-order valence-electron chi connectivity index (χ1n) is 3.36. The van der Waals surface area contributed by atoms with E-state index in [4.69, 9.17) is 5.53 Å². The van der Waals surface area contributed by atoms with Crippen molar-refractivity contribution in [3.8, 4) is 0 Å². The maximum Gasteiger partial charge on any atom is 0.0897 e. The van der Waals surface area contributed by atoms with Crippen LogP contribution in [0.2, 0.25) is 0 Å². The molecule has 0 atom stereocenters. The molecule has 0 unspecified atom stereocenters. The van der Waals surface area contributed by atoms with E-state index in [-0.39, 0.29) is 0 Å². The molecule has 0 spiro atoms. The van der Waals surface area contributed by atoms with Gasteiger partial charge in [-0.15, -0.1) is 12.6 Å². The topological polar surface area (TPSA) is 39.5 Å². The average Bonchev–Trinajstić information content (AvgIpc) is 2.07. The highest BCUT2D eigenvalue weighted by Crippen LogP contribution is 2.19. The molecule has 0 saturated heterocycles. The first-order valence-corrected chi connectivity index (χ1v) is 3.81. The lowest BCUT2D eigenvalue weighted by Crippen LogP contribution is -2.09. The van der Waals surface area contributed by atoms with Crippen LogP contribution in [0.5, 0.6) is 0 Å². The molecule has 3 nitrogen and oxygen atoms in total. The van der Waals surface area contributed by atoms with Gasteiger partial charge in [0.25, 0.3) is 0 Å². The largest absolute Gasteiger partial charge is 0.210 e. The van der Waals surface area contributed by atoms with Crippen molar-refractivity contribution in [2.45, 2.75) is 0 Å². The molecule has 0 aliphatic rings. The van der Waals surface area contributed by atoms with E-state index in [1.54, 1.807) is 0 Å². The monoisotopic (exact) mass is 179 g/mol. The Labute approximate surface area is 76.6 Å². The van der Waals surface area contributed by atoms with Crippen LogP contribution >= 0.6 is 12.6 Å². The van der Waals surface area contributed by atoms with Crippen LogP contribution in [0.3, 0.4) is 0 Å². The van der Waals surface area contributed by atoms with Crippen LogP contribution in [0.4, 0.5) is 5.69 Å². The van der Waals surface area contributed by atoms with Gasteiger partial charge in [-0.3, -0.25) is 0 Å². The number of hydrogen-bond donors (Lipinski definition) is 2. The Morgan fingerprint density at radius 3 is 2.42 bits per heavy atom. The van der Waals surface area contributed by atoms with Crippen molar-refractivity contribution in [2.75, 3.05) is 5.01 Å². The van der Waals surface area contributed by atoms with E-state index in [1.165, 1.54) is 5.01 Å². The molecule has 0 amide bonds. The summed E-state index contributed by atoms with van der Waals surface area (Å²) in [4.78, 5) is 0. The number of nitrogens with one attached hydrogen (secondary N) is 1. The van der Waals surface area contributed by atoms with Gasteiger partial charge in [-0.25, -0.2) is 5.01 Å². The molecule has 0 aromatic heterocycles. The number of thiol groups is 1. The van der Waals surface area contributed by atoms with E-state index in [0.29, 0.717) is 5.03 Å². The number of benzene rings is 1. The van der Waals surface area contributed by atoms with Gasteiger partial charge in [0, 0.05) is 0 Å². The van der Waals surface area contributed by atoms with Crippen LogP contribution in [0, 0.1) is 5.53 Å². The van der Waals surface area contributed by atoms with Crippen LogP contribution in [-0.4, -0.2) is 0 Å². The molecule has 0 heterocycles. The van der Waals surface area contributed by atoms with Crippen LogP contribution < -0.4 is 5.01 Å². The van der Waals surface area contributed by atoms with E-state index in [9.17, 15) is 0 Å². The summed E-state index contributed by atoms with van der Waals surface area (Å²) in [5, 5.41) is 5.03. The maximum atomic E-state index is 6.87. The third kappa shape index (κ3) is 1.85. The first kappa shape index (κ1) is 8.80. The summed E-state index contributed by atoms with van der Waals surface area (Å²) in [6.45, 7) is 3.58. The number of nitrogens with zero attached hydrogens (tertiary/aromatic N) is 2. The molecular formula is C8H9N3S. The fraction of sp³-hybridized carbons (Fsp3) is 0. The molecule has 0 radical (unpaired) electrons. The van der Waals surface area contributed by atoms with Gasteiger partial charge in [-0.2, -0.15) is 5.53 Å². The van der Waals surface area contributed by atoms with Crippen molar-refractivity contribution in [3.05, 3.63) is 41.9 Å². The Morgan fingerprint density at radius 1 is 1.42 bits per heavy atom. The highest BCUT2D eigenvalue weighted by atomic mass is 32.1. The second kappa shape index (κ2) is 3.92. The highest BCUT2D eigenvalue weighted by Gasteiger charge is 2.03. The maximum absolute atomic E-state index is 6.87. The Morgan fingerprint density at radius 2 is 2.00 bits per heavy atom. The third-order valence-electron chi connectivity index (χ3n) is 1.35. The fourth-order valence-corrected chi connectivity index (χ4v) is 0.994. The van der Waals surface area contributed by atoms with Crippen LogP contribution in [0.15, 0.2) is 47.2 Å². The zero-order valence-corrected chi connectivity index (χ0v) is 7.33. The minimum atomic E-state index is 0.427. The summed E-state index contributed by atoms with van der Waals surface area (Å²) in [6.07, 6.45) is 0. The predicted octanol–water partition coefficient (Wildman–Crippen LogP) is 2.84. The first-order chi connectivity index (χ1) is 5.75. The molecule has 1 aromatic carbocycles. The van der Waals surface area contributed by atoms with Crippen molar-refractivity contribution in [1.82, 2.24) is 0 Å². The molecule has 4 heteroatoms. The van der Waals surface area contributed by atoms with E-state index < -0.39 is 0 Å². The minimum absolute atomic E-state index is 0.427. The van der Waals surface area contributed by atoms with Gasteiger partial charge in [-0.05, 0) is 12.1 Å². The molecular weight excluding hydrogens is 170 g/mol. The number of hydrogen-bond acceptors (Lipinski definition) is 3. The number of rotatable bonds is 3. The summed E-state index contributed by atoms with van der Waals surface area (Å²) >= 11 is 4.00. The SMILES string of the molecule is C=C(S)N(N=N)c1ccccc1. The van der Waals surface area contributed by atoms with Gasteiger partial charge >= 0.3 is 0 Å². The Bertz CT molecular complexity index is 284. The van der Waals surface area contributed by atoms with Crippen molar-refractivity contribution in [2.24, 2.45) is 5.22 Å². The molecule has 0 aliphatic carbocycles. The lowest BCUT2D eigenvalue weighted by atomic mass is 10.3. The molecule has 0 saturated carbocycles. The van der Waals surface area contributed by atoms with Gasteiger partial charge in [0.1, 0.15) is 0 Å². The molecule has 62 valence electrons. The molecule has 0 bridgehead atoms. The summed E-state index contributed by atoms with van der Waals surface area (Å²) in [5.74, 6) is 0. The predicted molar refractivity (Wildman–Crippen MR) is 52.2 cm³/mol. The molecule has 0 fully saturated rings. The van der Waals surface area contributed by atoms with Gasteiger partial charge in [0.05, 0.1) is 10.7 Å². The van der Waals surface area contributed by atoms with Crippen LogP contribution in [0.1, 0.15) is 0 Å². The second-order valence-electron chi connectivity index (χ2n) is 2.16. The van der Waals surface area contributed by atoms with Crippen LogP contribution in [-0.2, 0) is 0 Å². The second-order valence-corrected chi connectivity index (χ2v) is 2.68. The van der Waals surface area contributed by atoms with Crippen molar-refractivity contribution < 1.29 is 0 Å². The minimum Gasteiger partial charge on any atom is -0.210 e. The smallest absolute Gasteiger partial charge is 0.0897 e. The normalized spacial score (nSPS) is 9.08. The van der Waals surface area contributed by atoms with Crippen molar-refractivity contribution in [3.63, 3.8) is 0 Å². The zero-order valence-electron chi connectivity index (χ0n) is 6.44. The zero-order chi connectivity index (χ0) is 8.97. The quantitative estimate of drug-likeness (QED) is 0.418. The number of anilines is 1. The molecule has 1 rings (SSSR count). The summed E-state index contributed by atoms with van der Waals surface area (Å²) in [5.41, 5.74) is 7.65. The third-order valence-corrected chi connectivity index (χ3v) is 1.53. The van der Waals surface area contributed by atoms with Crippen LogP contribution in [0.25, 0.3) is 0 Å². The van der Waals surface area contributed by atoms with E-state index in [2.05, 4.69) is 24.4 Å². The number of para-hydroxylation sites is 1. The van der Waals surface area contributed by atoms with Crippen molar-refractivity contribution in [1.29, 1.82) is 5.53 Å². The van der Waals surface area contributed by atoms with Gasteiger partial charge in [-0.1, -0.05) is 30.0 Å². The summed E-state index contributed by atoms with van der Waals surface area (Å²) in [7, 11) is 0. The lowest BCUT2D eigenvalue weighted by molar-refractivity contribution is 0.908. The van der Waals surface area contributed by atoms with E-state index >= 15 is 0 Å². The van der Waals surface area contributed by atoms with Crippen molar-refractivity contribution >= 4 is 18.3 Å². The summed E-state index contributed by atoms with van der Waals surface area (Å²) in [6, 6.07) is 9.29. The molecule has 1 aromatic rings. The van der Waals surface area contributed by atoms with Gasteiger partial charge < -0.3 is 0 Å². The van der Waals surface area contributed by atoms with Gasteiger partial charge in [0.15, 0.2) is 0 Å². The molecule has 12 heavy (non-hydrogen) atoms. The summed E-state index contributed by atoms with van der Waals surface area (Å²) < 4.78 is 0. The lowest BCUT2D eigenvalue weighted by Gasteiger charge is -2.14.